The second kappa shape index (κ2) is 6.92. The molecular formula is C20H18N4O2. The average molecular weight is 346 g/mol. The Kier molecular flexibility index (Phi) is 4.31. The summed E-state index contributed by atoms with van der Waals surface area (Å²) in [6.45, 7) is 0. The molecule has 1 aliphatic rings. The van der Waals surface area contributed by atoms with E-state index in [0.29, 0.717) is 11.0 Å². The number of aromatic amines is 1. The van der Waals surface area contributed by atoms with Crippen LogP contribution in [0.15, 0.2) is 52.4 Å². The molecule has 130 valence electrons. The summed E-state index contributed by atoms with van der Waals surface area (Å²) in [7, 11) is 0. The largest absolute Gasteiger partial charge is 0.319 e. The molecule has 0 aliphatic heterocycles. The van der Waals surface area contributed by atoms with Crippen molar-refractivity contribution < 1.29 is 4.79 Å². The van der Waals surface area contributed by atoms with Gasteiger partial charge in [0.25, 0.3) is 5.56 Å². The molecule has 0 bridgehead atoms. The summed E-state index contributed by atoms with van der Waals surface area (Å²) in [6, 6.07) is 13.4. The molecule has 0 unspecified atom stereocenters. The highest BCUT2D eigenvalue weighted by molar-refractivity contribution is 5.83. The molecule has 0 spiro atoms. The molecule has 26 heavy (non-hydrogen) atoms. The lowest BCUT2D eigenvalue weighted by Crippen LogP contribution is -2.25. The maximum Gasteiger partial charge on any atom is 0.270 e. The first-order chi connectivity index (χ1) is 12.7. The zero-order valence-corrected chi connectivity index (χ0v) is 14.2. The molecule has 1 heterocycles. The van der Waals surface area contributed by atoms with Gasteiger partial charge >= 0.3 is 0 Å². The van der Waals surface area contributed by atoms with E-state index in [-0.39, 0.29) is 23.6 Å². The lowest BCUT2D eigenvalue weighted by molar-refractivity contribution is -0.120. The van der Waals surface area contributed by atoms with E-state index in [1.54, 1.807) is 18.3 Å². The molecule has 0 saturated carbocycles. The van der Waals surface area contributed by atoms with Crippen molar-refractivity contribution in [3.8, 4) is 0 Å². The number of nitrogens with one attached hydrogen (secondary N) is 2. The minimum atomic E-state index is -0.379. The van der Waals surface area contributed by atoms with Crippen molar-refractivity contribution in [2.24, 2.45) is 5.10 Å². The van der Waals surface area contributed by atoms with Crippen LogP contribution in [0.4, 0.5) is 0 Å². The van der Waals surface area contributed by atoms with Crippen LogP contribution in [0.1, 0.15) is 28.8 Å². The molecule has 2 N–H and O–H groups in total. The molecule has 1 aromatic heterocycles. The van der Waals surface area contributed by atoms with Crippen molar-refractivity contribution >= 4 is 23.2 Å². The van der Waals surface area contributed by atoms with Gasteiger partial charge in [0.2, 0.25) is 5.91 Å². The number of hydrogen-bond acceptors (Lipinski definition) is 4. The van der Waals surface area contributed by atoms with Crippen molar-refractivity contribution in [1.29, 1.82) is 0 Å². The summed E-state index contributed by atoms with van der Waals surface area (Å²) in [5, 5.41) is 3.99. The summed E-state index contributed by atoms with van der Waals surface area (Å²) in [5.41, 5.74) is 7.28. The molecular weight excluding hydrogens is 328 g/mol. The maximum absolute atomic E-state index is 12.1. The number of H-pyrrole nitrogens is 1. The van der Waals surface area contributed by atoms with E-state index < -0.39 is 0 Å². The Morgan fingerprint density at radius 3 is 2.96 bits per heavy atom. The average Bonchev–Trinajstić information content (AvgIpc) is 3.10. The van der Waals surface area contributed by atoms with Crippen molar-refractivity contribution in [1.82, 2.24) is 15.4 Å². The minimum Gasteiger partial charge on any atom is -0.319 e. The lowest BCUT2D eigenvalue weighted by atomic mass is 10.1. The zero-order chi connectivity index (χ0) is 17.9. The van der Waals surface area contributed by atoms with Crippen molar-refractivity contribution in [3.63, 3.8) is 0 Å². The topological polar surface area (TPSA) is 87.2 Å². The predicted octanol–water partition coefficient (Wildman–Crippen LogP) is 2.10. The number of hydrazone groups is 1. The zero-order valence-electron chi connectivity index (χ0n) is 14.2. The third-order valence-electron chi connectivity index (χ3n) is 4.52. The summed E-state index contributed by atoms with van der Waals surface area (Å²) in [5.74, 6) is -0.379. The minimum absolute atomic E-state index is 0.123. The SMILES string of the molecule is O=C(Cc1nc2ccccc2[nH]c1=O)NN=Cc1ccc2c(c1)CCC2. The second-order valence-electron chi connectivity index (χ2n) is 6.38. The molecule has 1 aliphatic carbocycles. The highest BCUT2D eigenvalue weighted by Gasteiger charge is 2.11. The van der Waals surface area contributed by atoms with Crippen molar-refractivity contribution in [2.45, 2.75) is 25.7 Å². The number of nitrogens with zero attached hydrogens (tertiary/aromatic N) is 2. The Bertz CT molecular complexity index is 1070. The molecule has 1 amide bonds. The Labute approximate surface area is 150 Å². The number of carbonyl (C=O) groups excluding carboxylic acids is 1. The highest BCUT2D eigenvalue weighted by Crippen LogP contribution is 2.22. The first-order valence-electron chi connectivity index (χ1n) is 8.61. The third-order valence-corrected chi connectivity index (χ3v) is 4.52. The number of aromatic nitrogens is 2. The van der Waals surface area contributed by atoms with Crippen molar-refractivity contribution in [3.05, 3.63) is 75.2 Å². The van der Waals surface area contributed by atoms with Gasteiger partial charge in [-0.05, 0) is 54.2 Å². The van der Waals surface area contributed by atoms with Crippen LogP contribution in [0.25, 0.3) is 11.0 Å². The number of benzene rings is 2. The molecule has 2 aromatic carbocycles. The fraction of sp³-hybridized carbons (Fsp3) is 0.200. The number of rotatable bonds is 4. The van der Waals surface area contributed by atoms with Crippen LogP contribution >= 0.6 is 0 Å². The lowest BCUT2D eigenvalue weighted by Gasteiger charge is -2.02. The molecule has 3 aromatic rings. The molecule has 0 fully saturated rings. The maximum atomic E-state index is 12.1. The van der Waals surface area contributed by atoms with Gasteiger partial charge in [0.15, 0.2) is 0 Å². The highest BCUT2D eigenvalue weighted by atomic mass is 16.2. The van der Waals surface area contributed by atoms with Gasteiger partial charge in [-0.1, -0.05) is 24.3 Å². The molecule has 0 radical (unpaired) electrons. The normalized spacial score (nSPS) is 13.2. The van der Waals surface area contributed by atoms with E-state index in [2.05, 4.69) is 32.6 Å². The molecule has 6 nitrogen and oxygen atoms in total. The molecule has 4 rings (SSSR count). The van der Waals surface area contributed by atoms with Gasteiger partial charge in [-0.15, -0.1) is 0 Å². The van der Waals surface area contributed by atoms with Gasteiger partial charge in [-0.3, -0.25) is 9.59 Å². The van der Waals surface area contributed by atoms with Gasteiger partial charge in [0.05, 0.1) is 23.7 Å². The molecule has 6 heteroatoms. The second-order valence-corrected chi connectivity index (χ2v) is 6.38. The smallest absolute Gasteiger partial charge is 0.270 e. The van der Waals surface area contributed by atoms with E-state index in [9.17, 15) is 9.59 Å². The number of amides is 1. The Morgan fingerprint density at radius 2 is 2.04 bits per heavy atom. The van der Waals surface area contributed by atoms with E-state index >= 15 is 0 Å². The number of para-hydroxylation sites is 2. The molecule has 0 atom stereocenters. The van der Waals surface area contributed by atoms with Crippen LogP contribution in [0, 0.1) is 0 Å². The third kappa shape index (κ3) is 3.39. The number of carbonyl (C=O) groups is 1. The standard InChI is InChI=1S/C20H18N4O2/c25-19(11-18-20(26)23-17-7-2-1-6-16(17)22-18)24-21-12-13-8-9-14-4-3-5-15(14)10-13/h1-2,6-10,12H,3-5,11H2,(H,23,26)(H,24,25). The fourth-order valence-corrected chi connectivity index (χ4v) is 3.23. The van der Waals surface area contributed by atoms with Gasteiger partial charge < -0.3 is 4.98 Å². The Morgan fingerprint density at radius 1 is 1.19 bits per heavy atom. The first-order valence-corrected chi connectivity index (χ1v) is 8.61. The predicted molar refractivity (Wildman–Crippen MR) is 100 cm³/mol. The van der Waals surface area contributed by atoms with Crippen LogP contribution in [0.3, 0.4) is 0 Å². The quantitative estimate of drug-likeness (QED) is 0.560. The fourth-order valence-electron chi connectivity index (χ4n) is 3.23. The van der Waals surface area contributed by atoms with Crippen LogP contribution < -0.4 is 11.0 Å². The number of fused-ring (bicyclic) bond motifs is 2. The van der Waals surface area contributed by atoms with Crippen LogP contribution in [-0.2, 0) is 24.1 Å². The van der Waals surface area contributed by atoms with Crippen LogP contribution in [0.5, 0.6) is 0 Å². The van der Waals surface area contributed by atoms with Gasteiger partial charge in [-0.2, -0.15) is 5.10 Å². The van der Waals surface area contributed by atoms with E-state index in [1.165, 1.54) is 17.5 Å². The number of hydrogen-bond donors (Lipinski definition) is 2. The number of aryl methyl sites for hydroxylation is 2. The summed E-state index contributed by atoms with van der Waals surface area (Å²) in [6.07, 6.45) is 4.92. The molecule has 0 saturated heterocycles. The van der Waals surface area contributed by atoms with Gasteiger partial charge in [0.1, 0.15) is 5.69 Å². The van der Waals surface area contributed by atoms with Crippen molar-refractivity contribution in [2.75, 3.05) is 0 Å². The van der Waals surface area contributed by atoms with Gasteiger partial charge in [0, 0.05) is 0 Å². The van der Waals surface area contributed by atoms with Crippen LogP contribution in [-0.4, -0.2) is 22.1 Å². The van der Waals surface area contributed by atoms with Gasteiger partial charge in [-0.25, -0.2) is 10.4 Å². The summed E-state index contributed by atoms with van der Waals surface area (Å²) >= 11 is 0. The monoisotopic (exact) mass is 346 g/mol. The van der Waals surface area contributed by atoms with E-state index in [0.717, 1.165) is 18.4 Å². The summed E-state index contributed by atoms with van der Waals surface area (Å²) < 4.78 is 0. The van der Waals surface area contributed by atoms with Crippen LogP contribution in [0.2, 0.25) is 0 Å². The Balaban J connectivity index is 1.42. The summed E-state index contributed by atoms with van der Waals surface area (Å²) in [4.78, 5) is 31.1. The first kappa shape index (κ1) is 16.2. The Hall–Kier alpha value is -3.28. The van der Waals surface area contributed by atoms with E-state index in [1.807, 2.05) is 18.2 Å². The van der Waals surface area contributed by atoms with E-state index in [4.69, 9.17) is 0 Å².